The molecule has 0 aliphatic carbocycles. The van der Waals surface area contributed by atoms with Crippen LogP contribution in [0.2, 0.25) is 5.02 Å². The number of pyridine rings is 1. The number of nitrogens with two attached hydrogens (primary N) is 1. The van der Waals surface area contributed by atoms with Crippen LogP contribution in [0.3, 0.4) is 0 Å². The van der Waals surface area contributed by atoms with Crippen molar-refractivity contribution in [3.8, 4) is 0 Å². The van der Waals surface area contributed by atoms with Crippen LogP contribution in [0.4, 0.5) is 10.1 Å². The van der Waals surface area contributed by atoms with Crippen molar-refractivity contribution >= 4 is 56.3 Å². The lowest BCUT2D eigenvalue weighted by Gasteiger charge is -2.09. The Morgan fingerprint density at radius 1 is 1.43 bits per heavy atom. The van der Waals surface area contributed by atoms with E-state index in [0.717, 1.165) is 6.07 Å². The second-order valence-corrected chi connectivity index (χ2v) is 5.70. The minimum absolute atomic E-state index is 0.0787. The summed E-state index contributed by atoms with van der Waals surface area (Å²) in [7, 11) is 0. The molecular formula is C13H8BrClFN3OS. The van der Waals surface area contributed by atoms with Crippen molar-refractivity contribution in [3.63, 3.8) is 0 Å². The van der Waals surface area contributed by atoms with Crippen molar-refractivity contribution in [2.24, 2.45) is 5.73 Å². The lowest BCUT2D eigenvalue weighted by molar-refractivity contribution is 0.102. The molecule has 0 unspecified atom stereocenters. The smallest absolute Gasteiger partial charge is 0.274 e. The third-order valence-electron chi connectivity index (χ3n) is 2.53. The van der Waals surface area contributed by atoms with Gasteiger partial charge in [-0.3, -0.25) is 9.78 Å². The van der Waals surface area contributed by atoms with Gasteiger partial charge in [0.2, 0.25) is 0 Å². The third-order valence-corrected chi connectivity index (χ3v) is 3.69. The molecule has 108 valence electrons. The van der Waals surface area contributed by atoms with Crippen LogP contribution in [0, 0.1) is 5.82 Å². The minimum atomic E-state index is -0.510. The lowest BCUT2D eigenvalue weighted by Crippen LogP contribution is -2.16. The summed E-state index contributed by atoms with van der Waals surface area (Å²) in [6.45, 7) is 0. The highest BCUT2D eigenvalue weighted by Gasteiger charge is 2.14. The zero-order valence-corrected chi connectivity index (χ0v) is 13.5. The van der Waals surface area contributed by atoms with Gasteiger partial charge in [0.15, 0.2) is 0 Å². The largest absolute Gasteiger partial charge is 0.389 e. The normalized spacial score (nSPS) is 10.2. The molecule has 3 N–H and O–H groups in total. The minimum Gasteiger partial charge on any atom is -0.389 e. The fraction of sp³-hybridized carbons (Fsp3) is 0. The van der Waals surface area contributed by atoms with Crippen LogP contribution in [0.1, 0.15) is 16.1 Å². The zero-order valence-electron chi connectivity index (χ0n) is 10.4. The molecule has 0 aliphatic heterocycles. The van der Waals surface area contributed by atoms with E-state index < -0.39 is 11.7 Å². The predicted molar refractivity (Wildman–Crippen MR) is 87.2 cm³/mol. The predicted octanol–water partition coefficient (Wildman–Crippen LogP) is 3.52. The summed E-state index contributed by atoms with van der Waals surface area (Å²) in [6, 6.07) is 5.37. The molecule has 0 atom stereocenters. The van der Waals surface area contributed by atoms with Crippen molar-refractivity contribution in [2.75, 3.05) is 5.32 Å². The number of halogens is 3. The number of benzene rings is 1. The number of anilines is 1. The van der Waals surface area contributed by atoms with Crippen LogP contribution in [-0.4, -0.2) is 15.9 Å². The van der Waals surface area contributed by atoms with Gasteiger partial charge in [-0.25, -0.2) is 4.39 Å². The number of aromatic nitrogens is 1. The average molecular weight is 389 g/mol. The molecule has 0 fully saturated rings. The Bertz CT molecular complexity index is 701. The van der Waals surface area contributed by atoms with Gasteiger partial charge in [-0.05, 0) is 40.2 Å². The number of hydrogen-bond acceptors (Lipinski definition) is 3. The van der Waals surface area contributed by atoms with Gasteiger partial charge in [-0.1, -0.05) is 23.8 Å². The first kappa shape index (κ1) is 15.8. The van der Waals surface area contributed by atoms with E-state index in [2.05, 4.69) is 26.2 Å². The Morgan fingerprint density at radius 3 is 2.67 bits per heavy atom. The van der Waals surface area contributed by atoms with E-state index in [1.165, 1.54) is 18.3 Å². The van der Waals surface area contributed by atoms with Crippen molar-refractivity contribution in [1.82, 2.24) is 4.98 Å². The fourth-order valence-electron chi connectivity index (χ4n) is 1.51. The van der Waals surface area contributed by atoms with Crippen LogP contribution >= 0.6 is 39.7 Å². The molecule has 1 amide bonds. The maximum absolute atomic E-state index is 13.1. The summed E-state index contributed by atoms with van der Waals surface area (Å²) in [5.74, 6) is -0.998. The van der Waals surface area contributed by atoms with Crippen LogP contribution < -0.4 is 11.1 Å². The van der Waals surface area contributed by atoms with Crippen LogP contribution in [-0.2, 0) is 0 Å². The van der Waals surface area contributed by atoms with Gasteiger partial charge in [0.1, 0.15) is 16.5 Å². The molecule has 21 heavy (non-hydrogen) atoms. The number of nitrogens with one attached hydrogen (secondary N) is 1. The quantitative estimate of drug-likeness (QED) is 0.790. The second-order valence-electron chi connectivity index (χ2n) is 3.99. The molecular weight excluding hydrogens is 381 g/mol. The average Bonchev–Trinajstić information content (AvgIpc) is 2.42. The second kappa shape index (κ2) is 6.46. The number of rotatable bonds is 3. The Kier molecular flexibility index (Phi) is 4.87. The van der Waals surface area contributed by atoms with Crippen LogP contribution in [0.15, 0.2) is 34.9 Å². The molecule has 4 nitrogen and oxygen atoms in total. The van der Waals surface area contributed by atoms with Crippen LogP contribution in [0.5, 0.6) is 0 Å². The molecule has 0 aliphatic rings. The van der Waals surface area contributed by atoms with Gasteiger partial charge in [-0.2, -0.15) is 0 Å². The van der Waals surface area contributed by atoms with E-state index in [9.17, 15) is 9.18 Å². The highest BCUT2D eigenvalue weighted by atomic mass is 79.9. The van der Waals surface area contributed by atoms with E-state index in [1.54, 1.807) is 6.07 Å². The Balaban J connectivity index is 2.24. The summed E-state index contributed by atoms with van der Waals surface area (Å²) in [4.78, 5) is 16.2. The molecule has 0 saturated carbocycles. The summed E-state index contributed by atoms with van der Waals surface area (Å²) < 4.78 is 13.5. The molecule has 0 bridgehead atoms. The number of carbonyl (C=O) groups excluding carboxylic acids is 1. The first-order chi connectivity index (χ1) is 9.88. The van der Waals surface area contributed by atoms with Gasteiger partial charge in [0, 0.05) is 16.2 Å². The van der Waals surface area contributed by atoms with E-state index in [0.29, 0.717) is 10.0 Å². The number of amides is 1. The van der Waals surface area contributed by atoms with E-state index in [1.807, 2.05) is 0 Å². The molecule has 0 spiro atoms. The third kappa shape index (κ3) is 3.75. The fourth-order valence-corrected chi connectivity index (χ4v) is 2.53. The highest BCUT2D eigenvalue weighted by molar-refractivity contribution is 9.10. The summed E-state index contributed by atoms with van der Waals surface area (Å²) >= 11 is 13.8. The topological polar surface area (TPSA) is 68.0 Å². The van der Waals surface area contributed by atoms with Crippen LogP contribution in [0.25, 0.3) is 0 Å². The first-order valence-electron chi connectivity index (χ1n) is 5.60. The SMILES string of the molecule is NC(=S)c1ccc(C(=O)Nc2c(Cl)cc(F)cc2Br)nc1. The molecule has 0 saturated heterocycles. The van der Waals surface area contributed by atoms with Crippen molar-refractivity contribution in [1.29, 1.82) is 0 Å². The molecule has 1 aromatic heterocycles. The summed E-state index contributed by atoms with van der Waals surface area (Å²) in [5.41, 5.74) is 6.43. The molecule has 1 aromatic carbocycles. The van der Waals surface area contributed by atoms with E-state index in [4.69, 9.17) is 29.6 Å². The number of thiocarbonyl (C=S) groups is 1. The highest BCUT2D eigenvalue weighted by Crippen LogP contribution is 2.31. The molecule has 1 heterocycles. The number of nitrogens with zero attached hydrogens (tertiary/aromatic N) is 1. The van der Waals surface area contributed by atoms with Crippen molar-refractivity contribution in [2.45, 2.75) is 0 Å². The Morgan fingerprint density at radius 2 is 2.14 bits per heavy atom. The van der Waals surface area contributed by atoms with E-state index >= 15 is 0 Å². The number of carbonyl (C=O) groups is 1. The Labute approximate surface area is 138 Å². The maximum Gasteiger partial charge on any atom is 0.274 e. The van der Waals surface area contributed by atoms with E-state index in [-0.39, 0.29) is 21.4 Å². The molecule has 2 rings (SSSR count). The molecule has 8 heteroatoms. The molecule has 0 radical (unpaired) electrons. The van der Waals surface area contributed by atoms with Crippen molar-refractivity contribution < 1.29 is 9.18 Å². The summed E-state index contributed by atoms with van der Waals surface area (Å²) in [5, 5.41) is 2.64. The first-order valence-corrected chi connectivity index (χ1v) is 7.18. The van der Waals surface area contributed by atoms with Gasteiger partial charge in [0.25, 0.3) is 5.91 Å². The van der Waals surface area contributed by atoms with Gasteiger partial charge < -0.3 is 11.1 Å². The maximum atomic E-state index is 13.1. The Hall–Kier alpha value is -1.57. The summed E-state index contributed by atoms with van der Waals surface area (Å²) in [6.07, 6.45) is 1.40. The van der Waals surface area contributed by atoms with Gasteiger partial charge in [0.05, 0.1) is 10.7 Å². The van der Waals surface area contributed by atoms with Gasteiger partial charge in [-0.15, -0.1) is 0 Å². The lowest BCUT2D eigenvalue weighted by atomic mass is 10.2. The van der Waals surface area contributed by atoms with Crippen molar-refractivity contribution in [3.05, 3.63) is 57.0 Å². The van der Waals surface area contributed by atoms with Gasteiger partial charge >= 0.3 is 0 Å². The zero-order chi connectivity index (χ0) is 15.6. The monoisotopic (exact) mass is 387 g/mol. The standard InChI is InChI=1S/C13H8BrClFN3OS/c14-8-3-7(16)4-9(15)11(8)19-13(20)10-2-1-6(5-18-10)12(17)21/h1-5H,(H2,17,21)(H,19,20). The number of hydrogen-bond donors (Lipinski definition) is 2. The molecule has 2 aromatic rings.